The van der Waals surface area contributed by atoms with Gasteiger partial charge in [0, 0.05) is 0 Å². The Labute approximate surface area is 129 Å². The fourth-order valence-electron chi connectivity index (χ4n) is 3.15. The molecule has 21 heavy (non-hydrogen) atoms. The Balaban J connectivity index is 1.66. The van der Waals surface area contributed by atoms with Crippen LogP contribution in [0.15, 0.2) is 24.3 Å². The van der Waals surface area contributed by atoms with E-state index in [0.29, 0.717) is 6.10 Å². The zero-order valence-corrected chi connectivity index (χ0v) is 13.6. The fourth-order valence-corrected chi connectivity index (χ4v) is 3.15. The van der Waals surface area contributed by atoms with Crippen LogP contribution in [0.2, 0.25) is 0 Å². The number of aliphatic hydroxyl groups excluding tert-OH is 1. The van der Waals surface area contributed by atoms with E-state index in [1.165, 1.54) is 43.2 Å². The molecule has 0 amide bonds. The van der Waals surface area contributed by atoms with Crippen molar-refractivity contribution in [1.82, 2.24) is 0 Å². The standard InChI is InChI=1S/C19H30O2/c1-3-16-6-8-18(9-7-16)14-21-19-12-10-17(11-13-19)5-4-15(2)20/h6-9,15,17,19-20H,3-5,10-14H2,1-2H3. The van der Waals surface area contributed by atoms with Crippen LogP contribution in [0.25, 0.3) is 0 Å². The molecule has 2 nitrogen and oxygen atoms in total. The third-order valence-corrected chi connectivity index (χ3v) is 4.70. The number of ether oxygens (including phenoxy) is 1. The molecule has 1 aromatic rings. The van der Waals surface area contributed by atoms with Crippen molar-refractivity contribution >= 4 is 0 Å². The van der Waals surface area contributed by atoms with E-state index in [2.05, 4.69) is 31.2 Å². The quantitative estimate of drug-likeness (QED) is 0.802. The number of aliphatic hydroxyl groups is 1. The minimum absolute atomic E-state index is 0.148. The Bertz CT molecular complexity index is 389. The summed E-state index contributed by atoms with van der Waals surface area (Å²) in [5.41, 5.74) is 2.67. The molecule has 1 fully saturated rings. The Morgan fingerprint density at radius 3 is 2.29 bits per heavy atom. The molecule has 0 bridgehead atoms. The van der Waals surface area contributed by atoms with Gasteiger partial charge in [-0.2, -0.15) is 0 Å². The van der Waals surface area contributed by atoms with E-state index < -0.39 is 0 Å². The summed E-state index contributed by atoms with van der Waals surface area (Å²) in [5.74, 6) is 0.795. The van der Waals surface area contributed by atoms with Gasteiger partial charge in [0.05, 0.1) is 18.8 Å². The first-order chi connectivity index (χ1) is 10.2. The normalized spacial score (nSPS) is 24.0. The number of hydrogen-bond acceptors (Lipinski definition) is 2. The van der Waals surface area contributed by atoms with E-state index in [-0.39, 0.29) is 6.10 Å². The van der Waals surface area contributed by atoms with Crippen LogP contribution < -0.4 is 0 Å². The molecular formula is C19H30O2. The van der Waals surface area contributed by atoms with E-state index in [1.54, 1.807) is 0 Å². The van der Waals surface area contributed by atoms with Gasteiger partial charge < -0.3 is 9.84 Å². The molecule has 0 radical (unpaired) electrons. The van der Waals surface area contributed by atoms with Crippen LogP contribution in [0.4, 0.5) is 0 Å². The second-order valence-corrected chi connectivity index (χ2v) is 6.55. The molecule has 1 N–H and O–H groups in total. The van der Waals surface area contributed by atoms with Gasteiger partial charge >= 0.3 is 0 Å². The SMILES string of the molecule is CCc1ccc(COC2CCC(CCC(C)O)CC2)cc1. The van der Waals surface area contributed by atoms with Crippen molar-refractivity contribution in [2.45, 2.75) is 77.6 Å². The van der Waals surface area contributed by atoms with Gasteiger partial charge in [-0.3, -0.25) is 0 Å². The van der Waals surface area contributed by atoms with Crippen LogP contribution in [-0.2, 0) is 17.8 Å². The maximum absolute atomic E-state index is 9.36. The van der Waals surface area contributed by atoms with Crippen LogP contribution >= 0.6 is 0 Å². The van der Waals surface area contributed by atoms with Crippen LogP contribution in [0, 0.1) is 5.92 Å². The molecule has 1 aliphatic rings. The topological polar surface area (TPSA) is 29.5 Å². The molecule has 1 saturated carbocycles. The molecule has 1 aromatic carbocycles. The molecule has 0 spiro atoms. The first-order valence-electron chi connectivity index (χ1n) is 8.54. The van der Waals surface area contributed by atoms with Gasteiger partial charge in [0.25, 0.3) is 0 Å². The minimum atomic E-state index is -0.148. The summed E-state index contributed by atoms with van der Waals surface area (Å²) in [7, 11) is 0. The second-order valence-electron chi connectivity index (χ2n) is 6.55. The summed E-state index contributed by atoms with van der Waals surface area (Å²) in [5, 5.41) is 9.36. The zero-order chi connectivity index (χ0) is 15.1. The lowest BCUT2D eigenvalue weighted by atomic mass is 9.84. The van der Waals surface area contributed by atoms with Crippen molar-refractivity contribution in [3.63, 3.8) is 0 Å². The predicted octanol–water partition coefficient (Wildman–Crippen LogP) is 4.49. The lowest BCUT2D eigenvalue weighted by molar-refractivity contribution is 0.00518. The van der Waals surface area contributed by atoms with Gasteiger partial charge in [-0.1, -0.05) is 31.2 Å². The van der Waals surface area contributed by atoms with Gasteiger partial charge in [-0.15, -0.1) is 0 Å². The van der Waals surface area contributed by atoms with Gasteiger partial charge in [0.1, 0.15) is 0 Å². The molecule has 0 saturated heterocycles. The lowest BCUT2D eigenvalue weighted by Crippen LogP contribution is -2.22. The van der Waals surface area contributed by atoms with E-state index in [4.69, 9.17) is 4.74 Å². The summed E-state index contributed by atoms with van der Waals surface area (Å²) < 4.78 is 6.07. The van der Waals surface area contributed by atoms with Crippen LogP contribution in [0.3, 0.4) is 0 Å². The second kappa shape index (κ2) is 8.55. The third-order valence-electron chi connectivity index (χ3n) is 4.70. The van der Waals surface area contributed by atoms with Crippen LogP contribution in [0.5, 0.6) is 0 Å². The summed E-state index contributed by atoms with van der Waals surface area (Å²) in [6, 6.07) is 8.78. The van der Waals surface area contributed by atoms with Gasteiger partial charge in [0.2, 0.25) is 0 Å². The average molecular weight is 290 g/mol. The largest absolute Gasteiger partial charge is 0.393 e. The van der Waals surface area contributed by atoms with Gasteiger partial charge in [0.15, 0.2) is 0 Å². The van der Waals surface area contributed by atoms with Gasteiger partial charge in [-0.05, 0) is 68.9 Å². The molecule has 1 unspecified atom stereocenters. The minimum Gasteiger partial charge on any atom is -0.393 e. The molecule has 1 aliphatic carbocycles. The van der Waals surface area contributed by atoms with Gasteiger partial charge in [-0.25, -0.2) is 0 Å². The highest BCUT2D eigenvalue weighted by Gasteiger charge is 2.21. The Morgan fingerprint density at radius 2 is 1.71 bits per heavy atom. The molecule has 2 rings (SSSR count). The molecular weight excluding hydrogens is 260 g/mol. The zero-order valence-electron chi connectivity index (χ0n) is 13.6. The van der Waals surface area contributed by atoms with E-state index >= 15 is 0 Å². The van der Waals surface area contributed by atoms with Crippen molar-refractivity contribution in [1.29, 1.82) is 0 Å². The van der Waals surface area contributed by atoms with E-state index in [0.717, 1.165) is 25.4 Å². The highest BCUT2D eigenvalue weighted by molar-refractivity contribution is 5.21. The number of aryl methyl sites for hydroxylation is 1. The van der Waals surface area contributed by atoms with E-state index in [9.17, 15) is 5.11 Å². The first kappa shape index (κ1) is 16.5. The van der Waals surface area contributed by atoms with Crippen LogP contribution in [0.1, 0.15) is 63.5 Å². The van der Waals surface area contributed by atoms with Crippen molar-refractivity contribution < 1.29 is 9.84 Å². The van der Waals surface area contributed by atoms with Crippen molar-refractivity contribution in [2.75, 3.05) is 0 Å². The average Bonchev–Trinajstić information content (AvgIpc) is 2.52. The first-order valence-corrected chi connectivity index (χ1v) is 8.54. The Kier molecular flexibility index (Phi) is 6.72. The maximum atomic E-state index is 9.36. The monoisotopic (exact) mass is 290 g/mol. The molecule has 2 heteroatoms. The Morgan fingerprint density at radius 1 is 1.10 bits per heavy atom. The van der Waals surface area contributed by atoms with Crippen molar-refractivity contribution in [3.8, 4) is 0 Å². The smallest absolute Gasteiger partial charge is 0.0720 e. The van der Waals surface area contributed by atoms with Crippen LogP contribution in [-0.4, -0.2) is 17.3 Å². The summed E-state index contributed by atoms with van der Waals surface area (Å²) >= 11 is 0. The van der Waals surface area contributed by atoms with Crippen molar-refractivity contribution in [3.05, 3.63) is 35.4 Å². The molecule has 0 heterocycles. The highest BCUT2D eigenvalue weighted by Crippen LogP contribution is 2.30. The molecule has 0 aromatic heterocycles. The number of benzene rings is 1. The maximum Gasteiger partial charge on any atom is 0.0720 e. The summed E-state index contributed by atoms with van der Waals surface area (Å²) in [4.78, 5) is 0. The fraction of sp³-hybridized carbons (Fsp3) is 0.684. The van der Waals surface area contributed by atoms with E-state index in [1.807, 2.05) is 6.92 Å². The summed E-state index contributed by atoms with van der Waals surface area (Å²) in [6.07, 6.45) is 8.36. The Hall–Kier alpha value is -0.860. The third kappa shape index (κ3) is 5.80. The lowest BCUT2D eigenvalue weighted by Gasteiger charge is -2.29. The molecule has 0 aliphatic heterocycles. The molecule has 1 atom stereocenters. The number of hydrogen-bond donors (Lipinski definition) is 1. The summed E-state index contributed by atoms with van der Waals surface area (Å²) in [6.45, 7) is 4.81. The molecule has 118 valence electrons. The van der Waals surface area contributed by atoms with Crippen molar-refractivity contribution in [2.24, 2.45) is 5.92 Å². The highest BCUT2D eigenvalue weighted by atomic mass is 16.5. The predicted molar refractivity (Wildman–Crippen MR) is 87.3 cm³/mol. The number of rotatable bonds is 7.